The van der Waals surface area contributed by atoms with Crippen molar-refractivity contribution in [1.82, 2.24) is 4.90 Å². The average molecular weight is 391 g/mol. The zero-order valence-electron chi connectivity index (χ0n) is 12.9. The lowest BCUT2D eigenvalue weighted by atomic mass is 10.1. The van der Waals surface area contributed by atoms with E-state index in [1.165, 1.54) is 33.3 Å². The van der Waals surface area contributed by atoms with Crippen LogP contribution in [0.15, 0.2) is 57.3 Å². The number of fused-ring (bicyclic) bond motifs is 1. The number of nitrogens with zero attached hydrogens (tertiary/aromatic N) is 1. The molecule has 3 heterocycles. The van der Waals surface area contributed by atoms with Gasteiger partial charge in [0.25, 0.3) is 0 Å². The minimum absolute atomic E-state index is 0.0720. The number of aliphatic carboxylic acids is 1. The molecule has 8 heteroatoms. The van der Waals surface area contributed by atoms with Crippen LogP contribution in [-0.2, 0) is 9.59 Å². The highest BCUT2D eigenvalue weighted by molar-refractivity contribution is 8.06. The molecule has 1 aromatic carbocycles. The van der Waals surface area contributed by atoms with Crippen molar-refractivity contribution in [2.24, 2.45) is 5.73 Å². The smallest absolute Gasteiger partial charge is 0.353 e. The first-order valence-electron chi connectivity index (χ1n) is 7.55. The number of benzene rings is 1. The molecule has 2 aliphatic heterocycles. The quantitative estimate of drug-likeness (QED) is 0.781. The number of hydrogen-bond acceptors (Lipinski definition) is 6. The number of β-lactam (4-membered cyclic amide) rings is 1. The first kappa shape index (κ1) is 16.7. The number of rotatable bonds is 4. The standard InChI is InChI=1S/C17H14N2O3S3/c18-13-15(20)19-14(17(21)22)12(8-24-16(13)19)25-10-5-3-9(4-6-10)11-2-1-7-23-11/h1-7,13,16H,8,18H2,(H,21,22)/t13-,16+/m1/s1. The Morgan fingerprint density at radius 1 is 1.28 bits per heavy atom. The summed E-state index contributed by atoms with van der Waals surface area (Å²) in [5.41, 5.74) is 6.97. The molecule has 4 rings (SSSR count). The largest absolute Gasteiger partial charge is 0.477 e. The van der Waals surface area contributed by atoms with Crippen LogP contribution in [0.2, 0.25) is 0 Å². The maximum Gasteiger partial charge on any atom is 0.353 e. The summed E-state index contributed by atoms with van der Waals surface area (Å²) in [5, 5.41) is 11.3. The fraction of sp³-hybridized carbons (Fsp3) is 0.176. The SMILES string of the molecule is N[C@@H]1C(=O)N2C(C(=O)O)=C(Sc3ccc(-c4cccs4)cc3)CS[C@@H]12. The highest BCUT2D eigenvalue weighted by Gasteiger charge is 2.51. The van der Waals surface area contributed by atoms with E-state index >= 15 is 0 Å². The van der Waals surface area contributed by atoms with Gasteiger partial charge in [0, 0.05) is 20.4 Å². The van der Waals surface area contributed by atoms with Crippen molar-refractivity contribution < 1.29 is 14.7 Å². The minimum Gasteiger partial charge on any atom is -0.477 e. The number of carboxylic acids is 1. The van der Waals surface area contributed by atoms with Gasteiger partial charge in [0.1, 0.15) is 17.1 Å². The van der Waals surface area contributed by atoms with Crippen molar-refractivity contribution >= 4 is 46.7 Å². The van der Waals surface area contributed by atoms with E-state index in [2.05, 4.69) is 6.07 Å². The normalized spacial score (nSPS) is 22.6. The Balaban J connectivity index is 1.60. The molecular weight excluding hydrogens is 376 g/mol. The Hall–Kier alpha value is -1.74. The molecule has 0 saturated carbocycles. The zero-order valence-corrected chi connectivity index (χ0v) is 15.4. The van der Waals surface area contributed by atoms with Gasteiger partial charge in [-0.3, -0.25) is 9.69 Å². The van der Waals surface area contributed by atoms with Gasteiger partial charge in [0.05, 0.1) is 0 Å². The van der Waals surface area contributed by atoms with E-state index in [9.17, 15) is 14.7 Å². The van der Waals surface area contributed by atoms with Gasteiger partial charge in [0.15, 0.2) is 0 Å². The van der Waals surface area contributed by atoms with E-state index < -0.39 is 12.0 Å². The molecule has 25 heavy (non-hydrogen) atoms. The van der Waals surface area contributed by atoms with Gasteiger partial charge in [-0.05, 0) is 29.1 Å². The Morgan fingerprint density at radius 3 is 2.68 bits per heavy atom. The molecule has 0 aliphatic carbocycles. The van der Waals surface area contributed by atoms with E-state index in [4.69, 9.17) is 5.73 Å². The molecular formula is C17H14N2O3S3. The Labute approximate surface area is 156 Å². The van der Waals surface area contributed by atoms with E-state index in [0.717, 1.165) is 10.5 Å². The van der Waals surface area contributed by atoms with Crippen LogP contribution in [0.3, 0.4) is 0 Å². The first-order valence-corrected chi connectivity index (χ1v) is 10.3. The van der Waals surface area contributed by atoms with Gasteiger partial charge in [0.2, 0.25) is 5.91 Å². The van der Waals surface area contributed by atoms with E-state index in [-0.39, 0.29) is 17.0 Å². The van der Waals surface area contributed by atoms with Crippen molar-refractivity contribution in [3.8, 4) is 10.4 Å². The summed E-state index contributed by atoms with van der Waals surface area (Å²) in [6.07, 6.45) is 0. The van der Waals surface area contributed by atoms with E-state index in [0.29, 0.717) is 10.7 Å². The molecule has 0 radical (unpaired) electrons. The second-order valence-corrected chi connectivity index (χ2v) is 8.84. The molecule has 0 unspecified atom stereocenters. The summed E-state index contributed by atoms with van der Waals surface area (Å²) in [5.74, 6) is -0.856. The lowest BCUT2D eigenvalue weighted by molar-refractivity contribution is -0.147. The van der Waals surface area contributed by atoms with Crippen molar-refractivity contribution in [3.63, 3.8) is 0 Å². The number of thioether (sulfide) groups is 2. The summed E-state index contributed by atoms with van der Waals surface area (Å²) < 4.78 is 0. The molecule has 2 aromatic rings. The maximum absolute atomic E-state index is 12.0. The van der Waals surface area contributed by atoms with Crippen molar-refractivity contribution in [3.05, 3.63) is 52.4 Å². The number of thiophene rings is 1. The summed E-state index contributed by atoms with van der Waals surface area (Å²) in [7, 11) is 0. The second kappa shape index (κ2) is 6.53. The third-order valence-corrected chi connectivity index (χ3v) is 7.57. The van der Waals surface area contributed by atoms with Crippen LogP contribution < -0.4 is 5.73 Å². The predicted octanol–water partition coefficient (Wildman–Crippen LogP) is 3.05. The van der Waals surface area contributed by atoms with Crippen LogP contribution in [0.4, 0.5) is 0 Å². The van der Waals surface area contributed by atoms with Crippen LogP contribution in [0.5, 0.6) is 0 Å². The van der Waals surface area contributed by atoms with Crippen molar-refractivity contribution in [2.45, 2.75) is 16.3 Å². The van der Waals surface area contributed by atoms with Crippen LogP contribution >= 0.6 is 34.9 Å². The van der Waals surface area contributed by atoms with Gasteiger partial charge >= 0.3 is 5.97 Å². The third-order valence-electron chi connectivity index (χ3n) is 4.08. The maximum atomic E-state index is 12.0. The van der Waals surface area contributed by atoms with E-state index in [1.54, 1.807) is 11.3 Å². The molecule has 0 bridgehead atoms. The summed E-state index contributed by atoms with van der Waals surface area (Å²) in [6.45, 7) is 0. The van der Waals surface area contributed by atoms with Gasteiger partial charge in [-0.2, -0.15) is 0 Å². The summed E-state index contributed by atoms with van der Waals surface area (Å²) >= 11 is 4.59. The fourth-order valence-electron chi connectivity index (χ4n) is 2.84. The molecule has 2 atom stereocenters. The van der Waals surface area contributed by atoms with Gasteiger partial charge in [-0.15, -0.1) is 23.1 Å². The van der Waals surface area contributed by atoms with Gasteiger partial charge < -0.3 is 10.8 Å². The molecule has 0 spiro atoms. The van der Waals surface area contributed by atoms with Crippen molar-refractivity contribution in [1.29, 1.82) is 0 Å². The Morgan fingerprint density at radius 2 is 2.04 bits per heavy atom. The number of nitrogens with two attached hydrogens (primary N) is 1. The van der Waals surface area contributed by atoms with Crippen LogP contribution in [-0.4, -0.2) is 39.1 Å². The summed E-state index contributed by atoms with van der Waals surface area (Å²) in [6, 6.07) is 11.5. The predicted molar refractivity (Wildman–Crippen MR) is 101 cm³/mol. The molecule has 1 saturated heterocycles. The summed E-state index contributed by atoms with van der Waals surface area (Å²) in [4.78, 5) is 27.8. The fourth-order valence-corrected chi connectivity index (χ4v) is 5.99. The van der Waals surface area contributed by atoms with Crippen LogP contribution in [0.1, 0.15) is 0 Å². The van der Waals surface area contributed by atoms with Crippen molar-refractivity contribution in [2.75, 3.05) is 5.75 Å². The van der Waals surface area contributed by atoms with Gasteiger partial charge in [-0.1, -0.05) is 30.0 Å². The Kier molecular flexibility index (Phi) is 4.36. The van der Waals surface area contributed by atoms with E-state index in [1.807, 2.05) is 35.7 Å². The first-order chi connectivity index (χ1) is 12.1. The minimum atomic E-state index is -1.08. The molecule has 128 valence electrons. The number of hydrogen-bond donors (Lipinski definition) is 2. The molecule has 1 amide bonds. The molecule has 5 nitrogen and oxygen atoms in total. The van der Waals surface area contributed by atoms with Crippen LogP contribution in [0, 0.1) is 0 Å². The topological polar surface area (TPSA) is 83.6 Å². The highest BCUT2D eigenvalue weighted by atomic mass is 32.2. The third kappa shape index (κ3) is 2.89. The van der Waals surface area contributed by atoms with Crippen LogP contribution in [0.25, 0.3) is 10.4 Å². The molecule has 1 aromatic heterocycles. The lowest BCUT2D eigenvalue weighted by Gasteiger charge is -2.47. The molecule has 3 N–H and O–H groups in total. The number of carbonyl (C=O) groups excluding carboxylic acids is 1. The Bertz CT molecular complexity index is 862. The number of amides is 1. The monoisotopic (exact) mass is 390 g/mol. The zero-order chi connectivity index (χ0) is 17.6. The molecule has 2 aliphatic rings. The number of carbonyl (C=O) groups is 2. The second-order valence-electron chi connectivity index (χ2n) is 5.62. The molecule has 1 fully saturated rings. The van der Waals surface area contributed by atoms with Gasteiger partial charge in [-0.25, -0.2) is 4.79 Å². The number of carboxylic acid groups (broad SMARTS) is 1. The average Bonchev–Trinajstić information content (AvgIpc) is 3.15. The lowest BCUT2D eigenvalue weighted by Crippen LogP contribution is -2.68. The highest BCUT2D eigenvalue weighted by Crippen LogP contribution is 2.44.